The first kappa shape index (κ1) is 15.0. The minimum absolute atomic E-state index is 0.00114. The van der Waals surface area contributed by atoms with Crippen molar-refractivity contribution in [2.45, 2.75) is 19.1 Å². The fourth-order valence-corrected chi connectivity index (χ4v) is 2.77. The lowest BCUT2D eigenvalue weighted by atomic mass is 10.1. The smallest absolute Gasteiger partial charge is 0.223 e. The van der Waals surface area contributed by atoms with Crippen molar-refractivity contribution in [3.05, 3.63) is 46.9 Å². The SMILES string of the molecule is CC1CN(c2cc(Cl)nc(N)n2)CC(c2ccc(F)cc2)O1. The summed E-state index contributed by atoms with van der Waals surface area (Å²) in [7, 11) is 0. The Morgan fingerprint density at radius 3 is 2.68 bits per heavy atom. The molecule has 0 amide bonds. The molecule has 1 aromatic heterocycles. The van der Waals surface area contributed by atoms with Gasteiger partial charge in [0, 0.05) is 19.2 Å². The Hall–Kier alpha value is -1.92. The number of hydrogen-bond acceptors (Lipinski definition) is 5. The molecule has 0 aliphatic carbocycles. The number of nitrogen functional groups attached to an aromatic ring is 1. The number of nitrogens with zero attached hydrogens (tertiary/aromatic N) is 3. The molecule has 5 nitrogen and oxygen atoms in total. The van der Waals surface area contributed by atoms with E-state index >= 15 is 0 Å². The van der Waals surface area contributed by atoms with Gasteiger partial charge in [-0.25, -0.2) is 9.37 Å². The van der Waals surface area contributed by atoms with Crippen molar-refractivity contribution in [3.63, 3.8) is 0 Å². The number of rotatable bonds is 2. The van der Waals surface area contributed by atoms with Crippen molar-refractivity contribution in [2.24, 2.45) is 0 Å². The summed E-state index contributed by atoms with van der Waals surface area (Å²) in [5.41, 5.74) is 6.58. The van der Waals surface area contributed by atoms with Crippen LogP contribution in [-0.4, -0.2) is 29.2 Å². The van der Waals surface area contributed by atoms with Gasteiger partial charge in [-0.1, -0.05) is 23.7 Å². The fourth-order valence-electron chi connectivity index (χ4n) is 2.58. The molecule has 0 saturated carbocycles. The maximum Gasteiger partial charge on any atom is 0.223 e. The van der Waals surface area contributed by atoms with Crippen molar-refractivity contribution >= 4 is 23.4 Å². The highest BCUT2D eigenvalue weighted by atomic mass is 35.5. The lowest BCUT2D eigenvalue weighted by molar-refractivity contribution is -0.0176. The average Bonchev–Trinajstić information content (AvgIpc) is 2.46. The van der Waals surface area contributed by atoms with Crippen LogP contribution < -0.4 is 10.6 Å². The predicted molar refractivity (Wildman–Crippen MR) is 83.4 cm³/mol. The van der Waals surface area contributed by atoms with Crippen LogP contribution >= 0.6 is 11.6 Å². The van der Waals surface area contributed by atoms with Crippen molar-refractivity contribution in [3.8, 4) is 0 Å². The molecule has 1 aliphatic rings. The number of ether oxygens (including phenoxy) is 1. The number of morpholine rings is 1. The zero-order chi connectivity index (χ0) is 15.7. The molecule has 1 saturated heterocycles. The molecule has 2 unspecified atom stereocenters. The molecule has 116 valence electrons. The molecular formula is C15H16ClFN4O. The van der Waals surface area contributed by atoms with Gasteiger partial charge in [0.15, 0.2) is 0 Å². The highest BCUT2D eigenvalue weighted by molar-refractivity contribution is 6.29. The third-order valence-corrected chi connectivity index (χ3v) is 3.72. The van der Waals surface area contributed by atoms with E-state index in [-0.39, 0.29) is 24.0 Å². The van der Waals surface area contributed by atoms with Crippen LogP contribution in [0, 0.1) is 5.82 Å². The minimum atomic E-state index is -0.264. The number of hydrogen-bond donors (Lipinski definition) is 1. The summed E-state index contributed by atoms with van der Waals surface area (Å²) in [4.78, 5) is 10.1. The lowest BCUT2D eigenvalue weighted by Crippen LogP contribution is -2.43. The Labute approximate surface area is 132 Å². The van der Waals surface area contributed by atoms with Gasteiger partial charge < -0.3 is 15.4 Å². The van der Waals surface area contributed by atoms with Crippen LogP contribution in [0.15, 0.2) is 30.3 Å². The summed E-state index contributed by atoms with van der Waals surface area (Å²) in [5, 5.41) is 0.306. The number of aromatic nitrogens is 2. The van der Waals surface area contributed by atoms with Gasteiger partial charge in [0.2, 0.25) is 5.95 Å². The van der Waals surface area contributed by atoms with E-state index in [9.17, 15) is 4.39 Å². The van der Waals surface area contributed by atoms with Gasteiger partial charge in [-0.05, 0) is 24.6 Å². The monoisotopic (exact) mass is 322 g/mol. The van der Waals surface area contributed by atoms with Crippen LogP contribution in [0.1, 0.15) is 18.6 Å². The first-order valence-electron chi connectivity index (χ1n) is 6.97. The number of nitrogens with two attached hydrogens (primary N) is 1. The molecule has 1 aliphatic heterocycles. The normalized spacial score (nSPS) is 21.9. The second kappa shape index (κ2) is 6.06. The third kappa shape index (κ3) is 3.28. The van der Waals surface area contributed by atoms with E-state index in [1.165, 1.54) is 12.1 Å². The Kier molecular flexibility index (Phi) is 4.13. The molecule has 2 aromatic rings. The summed E-state index contributed by atoms with van der Waals surface area (Å²) in [5.74, 6) is 0.541. The van der Waals surface area contributed by atoms with E-state index in [0.717, 1.165) is 5.56 Å². The van der Waals surface area contributed by atoms with Gasteiger partial charge in [0.05, 0.1) is 6.10 Å². The van der Waals surface area contributed by atoms with Gasteiger partial charge in [-0.3, -0.25) is 0 Å². The molecule has 0 radical (unpaired) electrons. The molecular weight excluding hydrogens is 307 g/mol. The molecule has 22 heavy (non-hydrogen) atoms. The van der Waals surface area contributed by atoms with Crippen LogP contribution in [0.25, 0.3) is 0 Å². The summed E-state index contributed by atoms with van der Waals surface area (Å²) in [6.45, 7) is 3.24. The Morgan fingerprint density at radius 2 is 2.00 bits per heavy atom. The highest BCUT2D eigenvalue weighted by Crippen LogP contribution is 2.29. The van der Waals surface area contributed by atoms with E-state index in [2.05, 4.69) is 9.97 Å². The Morgan fingerprint density at radius 1 is 1.27 bits per heavy atom. The molecule has 3 rings (SSSR count). The first-order chi connectivity index (χ1) is 10.5. The van der Waals surface area contributed by atoms with E-state index in [1.54, 1.807) is 18.2 Å². The van der Waals surface area contributed by atoms with Crippen LogP contribution in [0.3, 0.4) is 0 Å². The summed E-state index contributed by atoms with van der Waals surface area (Å²) in [6.07, 6.45) is -0.168. The second-order valence-corrected chi connectivity index (χ2v) is 5.69. The molecule has 1 fully saturated rings. The van der Waals surface area contributed by atoms with E-state index in [1.807, 2.05) is 11.8 Å². The summed E-state index contributed by atoms with van der Waals surface area (Å²) in [6, 6.07) is 8.01. The molecule has 7 heteroatoms. The van der Waals surface area contributed by atoms with Crippen LogP contribution in [0.2, 0.25) is 5.15 Å². The third-order valence-electron chi connectivity index (χ3n) is 3.52. The molecule has 2 N–H and O–H groups in total. The van der Waals surface area contributed by atoms with Crippen LogP contribution in [0.4, 0.5) is 16.2 Å². The van der Waals surface area contributed by atoms with Crippen LogP contribution in [-0.2, 0) is 4.74 Å². The maximum atomic E-state index is 13.1. The zero-order valence-corrected chi connectivity index (χ0v) is 12.8. The standard InChI is InChI=1S/C15H16ClFN4O/c1-9-7-21(14-6-13(16)19-15(18)20-14)8-12(22-9)10-2-4-11(17)5-3-10/h2-6,9,12H,7-8H2,1H3,(H2,18,19,20). The Balaban J connectivity index is 1.85. The molecule has 0 bridgehead atoms. The number of benzene rings is 1. The summed E-state index contributed by atoms with van der Waals surface area (Å²) < 4.78 is 19.0. The van der Waals surface area contributed by atoms with Crippen molar-refractivity contribution in [1.29, 1.82) is 0 Å². The van der Waals surface area contributed by atoms with E-state index in [4.69, 9.17) is 22.1 Å². The van der Waals surface area contributed by atoms with Crippen molar-refractivity contribution in [1.82, 2.24) is 9.97 Å². The van der Waals surface area contributed by atoms with Gasteiger partial charge in [0.1, 0.15) is 22.9 Å². The molecule has 1 aromatic carbocycles. The fraction of sp³-hybridized carbons (Fsp3) is 0.333. The topological polar surface area (TPSA) is 64.3 Å². The molecule has 0 spiro atoms. The largest absolute Gasteiger partial charge is 0.368 e. The lowest BCUT2D eigenvalue weighted by Gasteiger charge is -2.37. The van der Waals surface area contributed by atoms with E-state index < -0.39 is 0 Å². The second-order valence-electron chi connectivity index (χ2n) is 5.30. The average molecular weight is 323 g/mol. The van der Waals surface area contributed by atoms with E-state index in [0.29, 0.717) is 24.1 Å². The first-order valence-corrected chi connectivity index (χ1v) is 7.35. The predicted octanol–water partition coefficient (Wildman–Crippen LogP) is 2.82. The van der Waals surface area contributed by atoms with Gasteiger partial charge in [-0.2, -0.15) is 4.98 Å². The van der Waals surface area contributed by atoms with Crippen LogP contribution in [0.5, 0.6) is 0 Å². The molecule has 2 heterocycles. The van der Waals surface area contributed by atoms with Crippen molar-refractivity contribution in [2.75, 3.05) is 23.7 Å². The van der Waals surface area contributed by atoms with Gasteiger partial charge in [0.25, 0.3) is 0 Å². The van der Waals surface area contributed by atoms with Crippen molar-refractivity contribution < 1.29 is 9.13 Å². The number of halogens is 2. The quantitative estimate of drug-likeness (QED) is 0.861. The summed E-state index contributed by atoms with van der Waals surface area (Å²) >= 11 is 5.95. The van der Waals surface area contributed by atoms with Gasteiger partial charge >= 0.3 is 0 Å². The molecule has 2 atom stereocenters. The zero-order valence-electron chi connectivity index (χ0n) is 12.0. The Bertz CT molecular complexity index is 647. The highest BCUT2D eigenvalue weighted by Gasteiger charge is 2.27. The van der Waals surface area contributed by atoms with Gasteiger partial charge in [-0.15, -0.1) is 0 Å². The number of anilines is 2. The minimum Gasteiger partial charge on any atom is -0.368 e. The maximum absolute atomic E-state index is 13.1.